The van der Waals surface area contributed by atoms with Gasteiger partial charge >= 0.3 is 0 Å². The molecule has 0 spiro atoms. The molecule has 3 aliphatic carbocycles. The second-order valence-electron chi connectivity index (χ2n) is 10.5. The van der Waals surface area contributed by atoms with Crippen LogP contribution in [0.3, 0.4) is 0 Å². The highest BCUT2D eigenvalue weighted by atomic mass is 16.3. The van der Waals surface area contributed by atoms with E-state index in [1.165, 1.54) is 4.90 Å². The molecule has 0 aromatic heterocycles. The number of ketones is 2. The summed E-state index contributed by atoms with van der Waals surface area (Å²) in [7, 11) is 3.15. The molecule has 1 amide bonds. The van der Waals surface area contributed by atoms with Gasteiger partial charge in [-0.05, 0) is 67.6 Å². The predicted octanol–water partition coefficient (Wildman–Crippen LogP) is 2.19. The third-order valence-corrected chi connectivity index (χ3v) is 8.27. The number of Topliss-reactive ketones (excluding diaryl/α,β-unsaturated/α-hetero) is 2. The molecule has 38 heavy (non-hydrogen) atoms. The van der Waals surface area contributed by atoms with Crippen LogP contribution in [0.5, 0.6) is 5.75 Å². The Labute approximate surface area is 219 Å². The Morgan fingerprint density at radius 2 is 1.79 bits per heavy atom. The number of aliphatic hydroxyl groups is 3. The Kier molecular flexibility index (Phi) is 5.96. The van der Waals surface area contributed by atoms with Crippen molar-refractivity contribution in [2.45, 2.75) is 37.8 Å². The maximum absolute atomic E-state index is 14.0. The van der Waals surface area contributed by atoms with Crippen LogP contribution in [-0.2, 0) is 27.2 Å². The Balaban J connectivity index is 1.78. The summed E-state index contributed by atoms with van der Waals surface area (Å²) in [5, 5.41) is 45.3. The van der Waals surface area contributed by atoms with Gasteiger partial charge in [-0.15, -0.1) is 0 Å². The van der Waals surface area contributed by atoms with Crippen LogP contribution in [0.1, 0.15) is 30.0 Å². The van der Waals surface area contributed by atoms with E-state index in [0.717, 1.165) is 11.1 Å². The number of rotatable bonds is 4. The van der Waals surface area contributed by atoms with Gasteiger partial charge < -0.3 is 26.2 Å². The lowest BCUT2D eigenvalue weighted by atomic mass is 9.57. The van der Waals surface area contributed by atoms with E-state index in [1.54, 1.807) is 14.1 Å². The molecule has 0 bridgehead atoms. The Morgan fingerprint density at radius 1 is 1.13 bits per heavy atom. The van der Waals surface area contributed by atoms with Gasteiger partial charge in [0.1, 0.15) is 22.8 Å². The number of hydrogen-bond acceptors (Lipinski definition) is 8. The third kappa shape index (κ3) is 3.35. The van der Waals surface area contributed by atoms with Crippen molar-refractivity contribution in [3.05, 3.63) is 70.0 Å². The lowest BCUT2D eigenvalue weighted by molar-refractivity contribution is -0.153. The molecule has 9 nitrogen and oxygen atoms in total. The molecule has 5 rings (SSSR count). The zero-order valence-electron chi connectivity index (χ0n) is 21.4. The molecule has 1 saturated carbocycles. The number of nitrogens with two attached hydrogens (primary N) is 1. The zero-order valence-corrected chi connectivity index (χ0v) is 21.4. The Hall–Kier alpha value is -3.95. The summed E-state index contributed by atoms with van der Waals surface area (Å²) in [5.41, 5.74) is 4.75. The highest BCUT2D eigenvalue weighted by molar-refractivity contribution is 6.24. The van der Waals surface area contributed by atoms with Crippen LogP contribution >= 0.6 is 0 Å². The second-order valence-corrected chi connectivity index (χ2v) is 10.5. The topological polar surface area (TPSA) is 161 Å². The Bertz CT molecular complexity index is 1460. The number of primary amides is 1. The number of aryl methyl sites for hydroxylation is 1. The van der Waals surface area contributed by atoms with Gasteiger partial charge in [-0.1, -0.05) is 37.3 Å². The molecular weight excluding hydrogens is 488 g/mol. The maximum Gasteiger partial charge on any atom is 0.255 e. The van der Waals surface area contributed by atoms with Gasteiger partial charge in [-0.3, -0.25) is 19.3 Å². The number of phenolic OH excluding ortho intramolecular Hbond substituents is 1. The predicted molar refractivity (Wildman–Crippen MR) is 139 cm³/mol. The molecule has 6 N–H and O–H groups in total. The monoisotopic (exact) mass is 518 g/mol. The first-order valence-electron chi connectivity index (χ1n) is 12.5. The fourth-order valence-corrected chi connectivity index (χ4v) is 6.51. The van der Waals surface area contributed by atoms with Gasteiger partial charge in [0.15, 0.2) is 11.4 Å². The van der Waals surface area contributed by atoms with E-state index in [9.17, 15) is 34.8 Å². The van der Waals surface area contributed by atoms with Crippen LogP contribution in [0.15, 0.2) is 53.3 Å². The van der Waals surface area contributed by atoms with Gasteiger partial charge in [0.2, 0.25) is 5.78 Å². The molecular formula is C29H30N2O7. The number of nitrogens with zero attached hydrogens (tertiary/aromatic N) is 1. The summed E-state index contributed by atoms with van der Waals surface area (Å²) < 4.78 is 0. The first kappa shape index (κ1) is 25.7. The number of carbonyl (C=O) groups is 3. The minimum absolute atomic E-state index is 0.0519. The average molecular weight is 519 g/mol. The maximum atomic E-state index is 14.0. The number of benzene rings is 2. The molecule has 2 aromatic rings. The fraction of sp³-hybridized carbons (Fsp3) is 0.345. The summed E-state index contributed by atoms with van der Waals surface area (Å²) in [4.78, 5) is 40.8. The number of carbonyl (C=O) groups excluding carboxylic acids is 3. The fourth-order valence-electron chi connectivity index (χ4n) is 6.51. The van der Waals surface area contributed by atoms with E-state index in [1.807, 2.05) is 43.3 Å². The molecule has 0 unspecified atom stereocenters. The summed E-state index contributed by atoms with van der Waals surface area (Å²) in [6.07, 6.45) is 0.760. The van der Waals surface area contributed by atoms with Crippen molar-refractivity contribution in [2.75, 3.05) is 14.1 Å². The number of phenols is 1. The van der Waals surface area contributed by atoms with Crippen molar-refractivity contribution in [2.24, 2.45) is 17.6 Å². The minimum atomic E-state index is -2.65. The number of hydrogen-bond donors (Lipinski definition) is 5. The van der Waals surface area contributed by atoms with Crippen molar-refractivity contribution < 1.29 is 34.8 Å². The van der Waals surface area contributed by atoms with Gasteiger partial charge in [0, 0.05) is 11.5 Å². The highest BCUT2D eigenvalue weighted by Crippen LogP contribution is 2.54. The van der Waals surface area contributed by atoms with Crippen LogP contribution in [0.4, 0.5) is 0 Å². The van der Waals surface area contributed by atoms with E-state index >= 15 is 0 Å². The van der Waals surface area contributed by atoms with E-state index < -0.39 is 58.0 Å². The number of likely N-dealkylation sites (N-methyl/N-ethyl adjacent to an activating group) is 1. The SMILES string of the molecule is CCc1cc(-c2ccccc2)c2c(c1O)C(O)=C1C(=O)[C@]3(O)C(O)=C(C(N)=O)C(=O)[C@@H](N(C)C)[C@@H]3C[C@@H]1C2. The van der Waals surface area contributed by atoms with Crippen LogP contribution < -0.4 is 5.73 Å². The molecule has 2 aromatic carbocycles. The molecule has 3 aliphatic rings. The third-order valence-electron chi connectivity index (χ3n) is 8.27. The van der Waals surface area contributed by atoms with Crippen LogP contribution in [0.2, 0.25) is 0 Å². The molecule has 0 radical (unpaired) electrons. The summed E-state index contributed by atoms with van der Waals surface area (Å²) in [6, 6.07) is 10.3. The van der Waals surface area contributed by atoms with Gasteiger partial charge in [0.25, 0.3) is 5.91 Å². The number of amides is 1. The number of fused-ring (bicyclic) bond motifs is 3. The van der Waals surface area contributed by atoms with Gasteiger partial charge in [-0.2, -0.15) is 0 Å². The quantitative estimate of drug-likeness (QED) is 0.385. The Morgan fingerprint density at radius 3 is 2.37 bits per heavy atom. The summed E-state index contributed by atoms with van der Waals surface area (Å²) in [5.74, 6) is -6.50. The smallest absolute Gasteiger partial charge is 0.255 e. The van der Waals surface area contributed by atoms with Crippen molar-refractivity contribution in [1.82, 2.24) is 4.90 Å². The van der Waals surface area contributed by atoms with Crippen molar-refractivity contribution in [3.8, 4) is 16.9 Å². The number of aliphatic hydroxyl groups excluding tert-OH is 2. The largest absolute Gasteiger partial charge is 0.508 e. The van der Waals surface area contributed by atoms with E-state index in [2.05, 4.69) is 0 Å². The lowest BCUT2D eigenvalue weighted by Gasteiger charge is -2.50. The van der Waals surface area contributed by atoms with E-state index in [4.69, 9.17) is 5.73 Å². The van der Waals surface area contributed by atoms with Crippen molar-refractivity contribution >= 4 is 23.2 Å². The van der Waals surface area contributed by atoms with Crippen LogP contribution in [-0.4, -0.2) is 68.5 Å². The lowest BCUT2D eigenvalue weighted by Crippen LogP contribution is -2.65. The molecule has 0 heterocycles. The summed E-state index contributed by atoms with van der Waals surface area (Å²) in [6.45, 7) is 1.86. The van der Waals surface area contributed by atoms with Gasteiger partial charge in [0.05, 0.1) is 11.6 Å². The zero-order chi connectivity index (χ0) is 27.7. The molecule has 4 atom stereocenters. The van der Waals surface area contributed by atoms with Gasteiger partial charge in [-0.25, -0.2) is 0 Å². The number of aromatic hydroxyl groups is 1. The first-order valence-corrected chi connectivity index (χ1v) is 12.5. The molecule has 1 fully saturated rings. The highest BCUT2D eigenvalue weighted by Gasteiger charge is 2.64. The first-order chi connectivity index (χ1) is 17.9. The second kappa shape index (κ2) is 8.82. The van der Waals surface area contributed by atoms with Crippen molar-refractivity contribution in [1.29, 1.82) is 0 Å². The molecule has 0 aliphatic heterocycles. The normalized spacial score (nSPS) is 26.8. The summed E-state index contributed by atoms with van der Waals surface area (Å²) >= 11 is 0. The van der Waals surface area contributed by atoms with E-state index in [-0.39, 0.29) is 29.7 Å². The molecule has 9 heteroatoms. The molecule has 0 saturated heterocycles. The standard InChI is InChI=1S/C29H30N2O7/c1-4-13-10-16(14-8-6-5-7-9-14)17-11-15-12-18-22(31(2)3)25(34)21(28(30)37)27(36)29(18,38)26(35)19(15)24(33)20(17)23(13)32/h5-10,15,18,22,32-33,36,38H,4,11-12H2,1-3H3,(H2,30,37)/t15-,18-,22-,29-/m0/s1. The van der Waals surface area contributed by atoms with Crippen molar-refractivity contribution in [3.63, 3.8) is 0 Å². The van der Waals surface area contributed by atoms with Crippen LogP contribution in [0.25, 0.3) is 16.9 Å². The molecule has 198 valence electrons. The van der Waals surface area contributed by atoms with Crippen LogP contribution in [0, 0.1) is 11.8 Å². The average Bonchev–Trinajstić information content (AvgIpc) is 2.86. The minimum Gasteiger partial charge on any atom is -0.508 e. The van der Waals surface area contributed by atoms with E-state index in [0.29, 0.717) is 17.5 Å².